The zero-order valence-corrected chi connectivity index (χ0v) is 29.6. The molecule has 0 spiro atoms. The van der Waals surface area contributed by atoms with Crippen molar-refractivity contribution in [2.24, 2.45) is 0 Å². The van der Waals surface area contributed by atoms with Crippen LogP contribution in [-0.4, -0.2) is 65.0 Å². The van der Waals surface area contributed by atoms with Crippen molar-refractivity contribution in [3.63, 3.8) is 0 Å². The molecule has 3 aromatic carbocycles. The zero-order chi connectivity index (χ0) is 33.1. The number of aromatic nitrogens is 2. The molecule has 2 fully saturated rings. The molecule has 2 aliphatic rings. The molecule has 0 radical (unpaired) electrons. The Balaban J connectivity index is 0.959. The molecule has 2 saturated heterocycles. The van der Waals surface area contributed by atoms with Gasteiger partial charge in [0.1, 0.15) is 11.9 Å². The van der Waals surface area contributed by atoms with E-state index in [2.05, 4.69) is 41.0 Å². The van der Waals surface area contributed by atoms with Gasteiger partial charge in [-0.2, -0.15) is 5.10 Å². The predicted octanol–water partition coefficient (Wildman–Crippen LogP) is 8.72. The van der Waals surface area contributed by atoms with E-state index in [0.717, 1.165) is 104 Å². The van der Waals surface area contributed by atoms with E-state index in [-0.39, 0.29) is 11.6 Å². The van der Waals surface area contributed by atoms with E-state index in [1.54, 1.807) is 0 Å². The van der Waals surface area contributed by atoms with Crippen LogP contribution in [0.25, 0.3) is 10.8 Å². The van der Waals surface area contributed by atoms with Gasteiger partial charge in [0.15, 0.2) is 0 Å². The monoisotopic (exact) mass is 668 g/mol. The molecule has 1 atom stereocenters. The fourth-order valence-electron chi connectivity index (χ4n) is 7.48. The van der Waals surface area contributed by atoms with Gasteiger partial charge in [-0.1, -0.05) is 73.8 Å². The highest BCUT2D eigenvalue weighted by molar-refractivity contribution is 6.30. The Hall–Kier alpha value is -3.19. The van der Waals surface area contributed by atoms with Gasteiger partial charge in [-0.25, -0.2) is 4.68 Å². The lowest BCUT2D eigenvalue weighted by Gasteiger charge is -2.32. The summed E-state index contributed by atoms with van der Waals surface area (Å²) in [5.74, 6) is 1.01. The minimum Gasteiger partial charge on any atom is -0.490 e. The third-order valence-corrected chi connectivity index (χ3v) is 10.6. The Morgan fingerprint density at radius 3 is 2.17 bits per heavy atom. The molecular weight excluding hydrogens is 616 g/mol. The summed E-state index contributed by atoms with van der Waals surface area (Å²) >= 11 is 6.13. The number of hydrogen-bond donors (Lipinski definition) is 0. The molecule has 1 aromatic heterocycles. The second-order valence-corrected chi connectivity index (χ2v) is 14.4. The van der Waals surface area contributed by atoms with Gasteiger partial charge in [-0.3, -0.25) is 4.79 Å². The predicted molar refractivity (Wildman–Crippen MR) is 199 cm³/mol. The van der Waals surface area contributed by atoms with Crippen LogP contribution in [0.1, 0.15) is 94.0 Å². The highest BCUT2D eigenvalue weighted by Gasteiger charge is 2.23. The van der Waals surface area contributed by atoms with Gasteiger partial charge in [0.25, 0.3) is 5.56 Å². The van der Waals surface area contributed by atoms with Gasteiger partial charge in [0, 0.05) is 36.5 Å². The normalized spacial score (nSPS) is 18.2. The molecule has 4 aromatic rings. The first-order valence-corrected chi connectivity index (χ1v) is 18.9. The summed E-state index contributed by atoms with van der Waals surface area (Å²) in [7, 11) is 0. The number of rotatable bonds is 14. The van der Waals surface area contributed by atoms with E-state index in [0.29, 0.717) is 12.5 Å². The minimum atomic E-state index is 0.0310. The summed E-state index contributed by atoms with van der Waals surface area (Å²) in [5.41, 5.74) is 3.51. The van der Waals surface area contributed by atoms with Gasteiger partial charge in [-0.05, 0) is 119 Å². The minimum absolute atomic E-state index is 0.0310. The first kappa shape index (κ1) is 34.7. The number of halogens is 1. The third kappa shape index (κ3) is 9.49. The molecule has 0 aliphatic carbocycles. The molecule has 6 nitrogen and oxygen atoms in total. The number of ether oxygens (including phenoxy) is 1. The lowest BCUT2D eigenvalue weighted by atomic mass is 10.0. The van der Waals surface area contributed by atoms with Crippen LogP contribution in [-0.2, 0) is 12.8 Å². The highest BCUT2D eigenvalue weighted by atomic mass is 35.5. The summed E-state index contributed by atoms with van der Waals surface area (Å²) in [6, 6.07) is 24.8. The Morgan fingerprint density at radius 1 is 0.750 bits per heavy atom. The molecule has 6 rings (SSSR count). The smallest absolute Gasteiger partial charge is 0.274 e. The van der Waals surface area contributed by atoms with Crippen LogP contribution in [0.3, 0.4) is 0 Å². The van der Waals surface area contributed by atoms with Crippen LogP contribution in [0.2, 0.25) is 5.02 Å². The quantitative estimate of drug-likeness (QED) is 0.126. The standard InChI is InChI=1S/C41H53ClN4O2/c1-2-3-7-25-45-29-23-37(24-30-45)48-36-20-16-32(17-21-36)10-6-8-26-44-27-9-11-35(22-28-44)46-41(47)39-13-5-4-12-38(39)40(43-46)31-33-14-18-34(42)19-15-33/h4-5,12-21,35,37H,2-3,6-11,22-31H2,1H3. The topological polar surface area (TPSA) is 50.6 Å². The van der Waals surface area contributed by atoms with E-state index < -0.39 is 0 Å². The van der Waals surface area contributed by atoms with Gasteiger partial charge in [0.2, 0.25) is 0 Å². The van der Waals surface area contributed by atoms with Crippen molar-refractivity contribution < 1.29 is 4.74 Å². The Labute approximate surface area is 292 Å². The SMILES string of the molecule is CCCCCN1CCC(Oc2ccc(CCCCN3CCCC(n4nc(Cc5ccc(Cl)cc5)c5ccccc5c4=O)CC3)cc2)CC1. The number of piperidine rings is 1. The van der Waals surface area contributed by atoms with Crippen LogP contribution in [0.5, 0.6) is 5.75 Å². The molecule has 0 saturated carbocycles. The fourth-order valence-corrected chi connectivity index (χ4v) is 7.61. The summed E-state index contributed by atoms with van der Waals surface area (Å²) in [5, 5.41) is 7.44. The maximum Gasteiger partial charge on any atom is 0.274 e. The third-order valence-electron chi connectivity index (χ3n) is 10.4. The van der Waals surface area contributed by atoms with Crippen molar-refractivity contribution in [1.29, 1.82) is 0 Å². The van der Waals surface area contributed by atoms with Crippen molar-refractivity contribution in [3.8, 4) is 5.75 Å². The van der Waals surface area contributed by atoms with E-state index in [9.17, 15) is 4.79 Å². The molecule has 256 valence electrons. The zero-order valence-electron chi connectivity index (χ0n) is 28.8. The lowest BCUT2D eigenvalue weighted by molar-refractivity contribution is 0.0996. The van der Waals surface area contributed by atoms with Crippen molar-refractivity contribution in [2.75, 3.05) is 39.3 Å². The summed E-state index contributed by atoms with van der Waals surface area (Å²) in [6.45, 7) is 9.03. The van der Waals surface area contributed by atoms with Crippen LogP contribution < -0.4 is 10.3 Å². The van der Waals surface area contributed by atoms with Crippen LogP contribution in [0, 0.1) is 0 Å². The number of benzene rings is 3. The van der Waals surface area contributed by atoms with Crippen LogP contribution >= 0.6 is 11.6 Å². The van der Waals surface area contributed by atoms with E-state index in [1.165, 1.54) is 44.2 Å². The molecule has 7 heteroatoms. The van der Waals surface area contributed by atoms with E-state index in [4.69, 9.17) is 21.4 Å². The second-order valence-electron chi connectivity index (χ2n) is 13.9. The van der Waals surface area contributed by atoms with Crippen molar-refractivity contribution in [3.05, 3.63) is 105 Å². The number of fused-ring (bicyclic) bond motifs is 1. The summed E-state index contributed by atoms with van der Waals surface area (Å²) in [4.78, 5) is 18.8. The number of likely N-dealkylation sites (tertiary alicyclic amines) is 2. The van der Waals surface area contributed by atoms with Crippen molar-refractivity contribution in [1.82, 2.24) is 19.6 Å². The maximum atomic E-state index is 13.6. The van der Waals surface area contributed by atoms with E-state index in [1.807, 2.05) is 53.2 Å². The van der Waals surface area contributed by atoms with Gasteiger partial charge in [0.05, 0.1) is 17.1 Å². The molecule has 3 heterocycles. The summed E-state index contributed by atoms with van der Waals surface area (Å²) < 4.78 is 8.15. The Kier molecular flexibility index (Phi) is 12.6. The second kappa shape index (κ2) is 17.5. The number of hydrogen-bond acceptors (Lipinski definition) is 5. The number of aryl methyl sites for hydroxylation is 1. The van der Waals surface area contributed by atoms with E-state index >= 15 is 0 Å². The molecular formula is C41H53ClN4O2. The molecule has 0 N–H and O–H groups in total. The first-order valence-electron chi connectivity index (χ1n) is 18.5. The summed E-state index contributed by atoms with van der Waals surface area (Å²) in [6.07, 6.45) is 13.7. The number of nitrogens with zero attached hydrogens (tertiary/aromatic N) is 4. The molecule has 0 bridgehead atoms. The average molecular weight is 669 g/mol. The van der Waals surface area contributed by atoms with Crippen molar-refractivity contribution in [2.45, 2.75) is 96.1 Å². The molecule has 1 unspecified atom stereocenters. The Bertz CT molecular complexity index is 1630. The highest BCUT2D eigenvalue weighted by Crippen LogP contribution is 2.25. The molecule has 48 heavy (non-hydrogen) atoms. The average Bonchev–Trinajstić information content (AvgIpc) is 3.36. The number of unbranched alkanes of at least 4 members (excludes halogenated alkanes) is 3. The van der Waals surface area contributed by atoms with Crippen molar-refractivity contribution >= 4 is 22.4 Å². The molecule has 0 amide bonds. The van der Waals surface area contributed by atoms with Gasteiger partial charge < -0.3 is 14.5 Å². The lowest BCUT2D eigenvalue weighted by Crippen LogP contribution is -2.38. The Morgan fingerprint density at radius 2 is 1.42 bits per heavy atom. The maximum absolute atomic E-state index is 13.6. The first-order chi connectivity index (χ1) is 23.6. The largest absolute Gasteiger partial charge is 0.490 e. The molecule has 2 aliphatic heterocycles. The van der Waals surface area contributed by atoms with Crippen LogP contribution in [0.4, 0.5) is 0 Å². The van der Waals surface area contributed by atoms with Gasteiger partial charge in [-0.15, -0.1) is 0 Å². The fraction of sp³-hybridized carbons (Fsp3) is 0.512. The van der Waals surface area contributed by atoms with Crippen LogP contribution in [0.15, 0.2) is 77.6 Å². The van der Waals surface area contributed by atoms with Gasteiger partial charge >= 0.3 is 0 Å².